The first kappa shape index (κ1) is 35.2. The van der Waals surface area contributed by atoms with Crippen molar-refractivity contribution >= 4 is 37.3 Å². The summed E-state index contributed by atoms with van der Waals surface area (Å²) in [5.41, 5.74) is 0.912. The van der Waals surface area contributed by atoms with Crippen molar-refractivity contribution in [2.45, 2.75) is 39.1 Å². The molecular weight excluding hydrogens is 642 g/mol. The van der Waals surface area contributed by atoms with E-state index in [1.165, 1.54) is 45.2 Å². The van der Waals surface area contributed by atoms with Crippen LogP contribution < -0.4 is 15.4 Å². The third-order valence-electron chi connectivity index (χ3n) is 6.88. The molecule has 0 saturated carbocycles. The highest BCUT2D eigenvalue weighted by molar-refractivity contribution is 7.32. The van der Waals surface area contributed by atoms with Gasteiger partial charge < -0.3 is 25.4 Å². The Morgan fingerprint density at radius 2 is 1.83 bits per heavy atom. The number of methoxy groups -OCH3 is 1. The summed E-state index contributed by atoms with van der Waals surface area (Å²) in [4.78, 5) is 31.9. The fourth-order valence-corrected chi connectivity index (χ4v) is 4.89. The van der Waals surface area contributed by atoms with Gasteiger partial charge in [-0.3, -0.25) is 9.48 Å². The number of carbonyl (C=O) groups is 1. The molecule has 4 aromatic rings. The van der Waals surface area contributed by atoms with Gasteiger partial charge in [-0.25, -0.2) is 4.98 Å². The summed E-state index contributed by atoms with van der Waals surface area (Å²) in [7, 11) is 1.62. The topological polar surface area (TPSA) is 164 Å². The van der Waals surface area contributed by atoms with Crippen LogP contribution in [0.3, 0.4) is 0 Å². The van der Waals surface area contributed by atoms with Crippen LogP contribution in [0.1, 0.15) is 40.5 Å². The van der Waals surface area contributed by atoms with E-state index in [1.54, 1.807) is 41.3 Å². The zero-order chi connectivity index (χ0) is 34.3. The van der Waals surface area contributed by atoms with Gasteiger partial charge in [0.15, 0.2) is 0 Å². The highest BCUT2D eigenvalue weighted by Gasteiger charge is 2.39. The predicted octanol–water partition coefficient (Wildman–Crippen LogP) is 5.67. The van der Waals surface area contributed by atoms with E-state index in [4.69, 9.17) is 19.3 Å². The second-order valence-corrected chi connectivity index (χ2v) is 11.1. The Morgan fingerprint density at radius 3 is 2.47 bits per heavy atom. The normalized spacial score (nSPS) is 11.7. The molecule has 47 heavy (non-hydrogen) atoms. The zero-order valence-electron chi connectivity index (χ0n) is 26.0. The van der Waals surface area contributed by atoms with Crippen molar-refractivity contribution in [1.29, 1.82) is 0 Å². The monoisotopic (exact) mass is 676 g/mol. The lowest BCUT2D eigenvalue weighted by atomic mass is 10.0. The van der Waals surface area contributed by atoms with E-state index >= 15 is 0 Å². The number of halogens is 3. The summed E-state index contributed by atoms with van der Waals surface area (Å²) in [6.07, 6.45) is -1.07. The third kappa shape index (κ3) is 8.80. The van der Waals surface area contributed by atoms with Crippen molar-refractivity contribution in [3.05, 3.63) is 71.2 Å². The fraction of sp³-hybridized carbons (Fsp3) is 0.333. The number of aliphatic hydroxyl groups excluding tert-OH is 1. The molecule has 17 heteroatoms. The van der Waals surface area contributed by atoms with Crippen LogP contribution in [-0.4, -0.2) is 68.4 Å². The maximum absolute atomic E-state index is 14.5. The number of aliphatic hydroxyl groups is 1. The van der Waals surface area contributed by atoms with Crippen LogP contribution in [0, 0.1) is 0 Å². The van der Waals surface area contributed by atoms with Gasteiger partial charge >= 0.3 is 14.4 Å². The number of anilines is 4. The van der Waals surface area contributed by atoms with Crippen molar-refractivity contribution in [2.24, 2.45) is 0 Å². The van der Waals surface area contributed by atoms with Gasteiger partial charge in [-0.05, 0) is 48.2 Å². The van der Waals surface area contributed by atoms with E-state index < -0.39 is 31.7 Å². The molecule has 4 N–H and O–H groups in total. The first-order valence-corrected chi connectivity index (χ1v) is 15.4. The van der Waals surface area contributed by atoms with Crippen LogP contribution in [0.2, 0.25) is 0 Å². The number of rotatable bonds is 14. The van der Waals surface area contributed by atoms with Gasteiger partial charge in [0.25, 0.3) is 5.91 Å². The summed E-state index contributed by atoms with van der Waals surface area (Å²) < 4.78 is 66.2. The van der Waals surface area contributed by atoms with E-state index in [0.29, 0.717) is 35.3 Å². The number of carbonyl (C=O) groups excluding carboxylic acids is 1. The third-order valence-corrected chi connectivity index (χ3v) is 7.23. The van der Waals surface area contributed by atoms with Crippen molar-refractivity contribution < 1.29 is 41.8 Å². The van der Waals surface area contributed by atoms with E-state index in [9.17, 15) is 22.5 Å². The molecule has 2 aromatic heterocycles. The molecule has 0 radical (unpaired) electrons. The molecule has 0 aliphatic rings. The molecular formula is C30H34F3N7O6P+. The van der Waals surface area contributed by atoms with E-state index in [1.807, 2.05) is 0 Å². The number of aryl methyl sites for hydroxylation is 2. The molecule has 2 heterocycles. The van der Waals surface area contributed by atoms with Crippen molar-refractivity contribution in [1.82, 2.24) is 24.6 Å². The second-order valence-electron chi connectivity index (χ2n) is 10.4. The molecule has 0 aliphatic carbocycles. The average molecular weight is 677 g/mol. The Hall–Kier alpha value is -4.63. The van der Waals surface area contributed by atoms with Crippen LogP contribution >= 0.6 is 8.25 Å². The molecule has 2 aromatic carbocycles. The summed E-state index contributed by atoms with van der Waals surface area (Å²) in [6.45, 7) is 1.84. The minimum Gasteiger partial charge on any atom is -0.495 e. The molecule has 13 nitrogen and oxygen atoms in total. The molecule has 1 atom stereocenters. The number of hydrogen-bond acceptors (Lipinski definition) is 10. The number of hydrogen-bond donors (Lipinski definition) is 4. The maximum Gasteiger partial charge on any atom is 0.695 e. The number of amides is 1. The van der Waals surface area contributed by atoms with Crippen molar-refractivity contribution in [3.8, 4) is 16.9 Å². The maximum atomic E-state index is 14.5. The number of alkyl halides is 3. The largest absolute Gasteiger partial charge is 0.695 e. The SMILES string of the molecule is CCc1nc(Nc2ccc(CO[P+](=O)O)cc2OC)nc(Nc2ccc(-c3cnn(CCCO)c3)cc2C(=O)N(C)C)c1C(F)(F)F. The Labute approximate surface area is 269 Å². The molecule has 1 amide bonds. The van der Waals surface area contributed by atoms with Crippen LogP contribution in [0.4, 0.5) is 36.3 Å². The van der Waals surface area contributed by atoms with Crippen molar-refractivity contribution in [2.75, 3.05) is 38.4 Å². The molecule has 4 rings (SSSR count). The molecule has 250 valence electrons. The average Bonchev–Trinajstić information content (AvgIpc) is 3.51. The lowest BCUT2D eigenvalue weighted by molar-refractivity contribution is -0.138. The van der Waals surface area contributed by atoms with Gasteiger partial charge in [-0.2, -0.15) is 23.3 Å². The number of nitrogens with one attached hydrogen (secondary N) is 2. The molecule has 0 aliphatic heterocycles. The summed E-state index contributed by atoms with van der Waals surface area (Å²) in [5, 5.41) is 19.0. The lowest BCUT2D eigenvalue weighted by Crippen LogP contribution is -2.23. The first-order valence-electron chi connectivity index (χ1n) is 14.3. The minimum absolute atomic E-state index is 0.00205. The molecule has 0 saturated heterocycles. The Morgan fingerprint density at radius 1 is 1.09 bits per heavy atom. The van der Waals surface area contributed by atoms with Crippen LogP contribution in [0.25, 0.3) is 11.1 Å². The quantitative estimate of drug-likeness (QED) is 0.122. The van der Waals surface area contributed by atoms with E-state index in [0.717, 1.165) is 0 Å². The van der Waals surface area contributed by atoms with Crippen molar-refractivity contribution in [3.63, 3.8) is 0 Å². The minimum atomic E-state index is -4.84. The predicted molar refractivity (Wildman–Crippen MR) is 168 cm³/mol. The fourth-order valence-electron chi connectivity index (χ4n) is 4.63. The van der Waals surface area contributed by atoms with Gasteiger partial charge in [0, 0.05) is 43.6 Å². The molecule has 0 fully saturated rings. The molecule has 1 unspecified atom stereocenters. The van der Waals surface area contributed by atoms with Crippen LogP contribution in [-0.2, 0) is 34.8 Å². The second kappa shape index (κ2) is 15.3. The van der Waals surface area contributed by atoms with Gasteiger partial charge in [0.1, 0.15) is 23.7 Å². The Kier molecular flexibility index (Phi) is 11.5. The van der Waals surface area contributed by atoms with Gasteiger partial charge in [-0.1, -0.05) is 19.1 Å². The Bertz CT molecular complexity index is 1750. The summed E-state index contributed by atoms with van der Waals surface area (Å²) in [6, 6.07) is 9.37. The van der Waals surface area contributed by atoms with Gasteiger partial charge in [-0.15, -0.1) is 9.42 Å². The first-order chi connectivity index (χ1) is 22.3. The van der Waals surface area contributed by atoms with Crippen LogP contribution in [0.15, 0.2) is 48.8 Å². The number of benzene rings is 2. The summed E-state index contributed by atoms with van der Waals surface area (Å²) in [5.74, 6) is -0.951. The Balaban J connectivity index is 1.77. The lowest BCUT2D eigenvalue weighted by Gasteiger charge is -2.21. The van der Waals surface area contributed by atoms with Gasteiger partial charge in [0.05, 0.1) is 35.9 Å². The summed E-state index contributed by atoms with van der Waals surface area (Å²) >= 11 is 0. The zero-order valence-corrected chi connectivity index (χ0v) is 26.9. The number of nitrogens with zero attached hydrogens (tertiary/aromatic N) is 5. The van der Waals surface area contributed by atoms with E-state index in [-0.39, 0.29) is 48.3 Å². The molecule has 0 bridgehead atoms. The van der Waals surface area contributed by atoms with Crippen LogP contribution in [0.5, 0.6) is 5.75 Å². The highest BCUT2D eigenvalue weighted by Crippen LogP contribution is 2.40. The van der Waals surface area contributed by atoms with Gasteiger partial charge in [0.2, 0.25) is 5.95 Å². The molecule has 0 spiro atoms. The number of ether oxygens (including phenoxy) is 1. The standard InChI is InChI=1S/C30H33F3N7O6P/c1-5-22-26(30(31,32)33)27(38-29(36-22)37-24-9-7-18(13-25(24)45-4)17-46-47(43)44)35-23-10-8-19(14-21(23)28(42)39(2)3)20-15-34-40(16-20)11-6-12-41/h7-10,13-16,41H,5-6,11-12,17H2,1-4H3,(H2-,35,36,37,38,42,43,44)/p+1. The highest BCUT2D eigenvalue weighted by atomic mass is 31.1. The smallest absolute Gasteiger partial charge is 0.495 e. The number of aromatic nitrogens is 4. The van der Waals surface area contributed by atoms with E-state index in [2.05, 4.69) is 25.7 Å².